The van der Waals surface area contributed by atoms with Gasteiger partial charge < -0.3 is 10.2 Å². The monoisotopic (exact) mass is 289 g/mol. The molecule has 1 aromatic rings. The van der Waals surface area contributed by atoms with Crippen LogP contribution in [-0.2, 0) is 0 Å². The first-order valence-electron chi connectivity index (χ1n) is 6.17. The number of hydrogen-bond donors (Lipinski definition) is 1. The first kappa shape index (κ1) is 13.8. The summed E-state index contributed by atoms with van der Waals surface area (Å²) in [6, 6.07) is 0. The van der Waals surface area contributed by atoms with Crippen LogP contribution < -0.4 is 5.32 Å². The van der Waals surface area contributed by atoms with Gasteiger partial charge in [0.15, 0.2) is 0 Å². The highest BCUT2D eigenvalue weighted by atomic mass is 35.5. The van der Waals surface area contributed by atoms with Crippen molar-refractivity contribution in [1.82, 2.24) is 19.9 Å². The van der Waals surface area contributed by atoms with E-state index < -0.39 is 0 Å². The number of nitrogens with one attached hydrogen (secondary N) is 1. The van der Waals surface area contributed by atoms with Crippen molar-refractivity contribution < 1.29 is 0 Å². The summed E-state index contributed by atoms with van der Waals surface area (Å²) in [6.45, 7) is 6.41. The van der Waals surface area contributed by atoms with Crippen LogP contribution >= 0.6 is 23.2 Å². The quantitative estimate of drug-likeness (QED) is 0.922. The predicted octanol–water partition coefficient (Wildman–Crippen LogP) is 2.32. The zero-order valence-corrected chi connectivity index (χ0v) is 11.9. The molecule has 0 saturated carbocycles. The van der Waals surface area contributed by atoms with Crippen molar-refractivity contribution >= 4 is 29.2 Å². The number of nitrogens with zero attached hydrogens (tertiary/aromatic N) is 4. The van der Waals surface area contributed by atoms with Gasteiger partial charge in [-0.3, -0.25) is 0 Å². The molecule has 0 radical (unpaired) electrons. The molecule has 0 atom stereocenters. The van der Waals surface area contributed by atoms with Gasteiger partial charge in [-0.1, -0.05) is 6.92 Å². The van der Waals surface area contributed by atoms with Crippen molar-refractivity contribution in [2.24, 2.45) is 5.92 Å². The van der Waals surface area contributed by atoms with Crippen LogP contribution in [0.4, 0.5) is 5.95 Å². The van der Waals surface area contributed by atoms with E-state index in [0.717, 1.165) is 19.0 Å². The second-order valence-electron chi connectivity index (χ2n) is 4.65. The topological polar surface area (TPSA) is 53.9 Å². The third-order valence-electron chi connectivity index (χ3n) is 3.17. The van der Waals surface area contributed by atoms with Gasteiger partial charge in [0.2, 0.25) is 16.5 Å². The van der Waals surface area contributed by atoms with Crippen LogP contribution in [0.5, 0.6) is 0 Å². The molecule has 0 bridgehead atoms. The predicted molar refractivity (Wildman–Crippen MR) is 73.2 cm³/mol. The van der Waals surface area contributed by atoms with Crippen LogP contribution in [0.2, 0.25) is 10.6 Å². The average Bonchev–Trinajstić information content (AvgIpc) is 2.30. The van der Waals surface area contributed by atoms with Crippen molar-refractivity contribution in [2.75, 3.05) is 31.5 Å². The zero-order chi connectivity index (χ0) is 13.0. The fourth-order valence-corrected chi connectivity index (χ4v) is 2.38. The van der Waals surface area contributed by atoms with Gasteiger partial charge in [0.1, 0.15) is 0 Å². The molecule has 0 unspecified atom stereocenters. The number of piperidine rings is 1. The Balaban J connectivity index is 1.74. The Bertz CT molecular complexity index is 373. The van der Waals surface area contributed by atoms with E-state index >= 15 is 0 Å². The van der Waals surface area contributed by atoms with Crippen LogP contribution in [-0.4, -0.2) is 46.0 Å². The molecule has 2 heterocycles. The van der Waals surface area contributed by atoms with E-state index in [-0.39, 0.29) is 10.6 Å². The number of likely N-dealkylation sites (tertiary alicyclic amines) is 1. The normalized spacial score (nSPS) is 17.9. The molecule has 0 aliphatic carbocycles. The summed E-state index contributed by atoms with van der Waals surface area (Å²) in [7, 11) is 0. The van der Waals surface area contributed by atoms with Gasteiger partial charge in [0, 0.05) is 13.1 Å². The molecule has 0 aromatic carbocycles. The average molecular weight is 290 g/mol. The van der Waals surface area contributed by atoms with Gasteiger partial charge >= 0.3 is 0 Å². The fourth-order valence-electron chi connectivity index (χ4n) is 2.02. The maximum absolute atomic E-state index is 5.70. The Labute approximate surface area is 117 Å². The SMILES string of the molecule is CC1CCN(CCNc2nc(Cl)nc(Cl)n2)CC1. The van der Waals surface area contributed by atoms with Crippen LogP contribution in [0, 0.1) is 5.92 Å². The van der Waals surface area contributed by atoms with E-state index in [4.69, 9.17) is 23.2 Å². The first-order valence-corrected chi connectivity index (χ1v) is 6.92. The molecule has 1 fully saturated rings. The molecule has 1 aromatic heterocycles. The molecule has 18 heavy (non-hydrogen) atoms. The van der Waals surface area contributed by atoms with Gasteiger partial charge in [-0.2, -0.15) is 15.0 Å². The van der Waals surface area contributed by atoms with E-state index in [1.807, 2.05) is 0 Å². The van der Waals surface area contributed by atoms with Crippen LogP contribution in [0.1, 0.15) is 19.8 Å². The number of aromatic nitrogens is 3. The van der Waals surface area contributed by atoms with Crippen LogP contribution in [0.25, 0.3) is 0 Å². The number of halogens is 2. The third-order valence-corrected chi connectivity index (χ3v) is 3.51. The van der Waals surface area contributed by atoms with Crippen LogP contribution in [0.3, 0.4) is 0 Å². The van der Waals surface area contributed by atoms with Gasteiger partial charge in [-0.05, 0) is 55.1 Å². The van der Waals surface area contributed by atoms with Gasteiger partial charge in [-0.15, -0.1) is 0 Å². The van der Waals surface area contributed by atoms with E-state index in [1.54, 1.807) is 0 Å². The lowest BCUT2D eigenvalue weighted by Crippen LogP contribution is -2.36. The van der Waals surface area contributed by atoms with Crippen molar-refractivity contribution in [1.29, 1.82) is 0 Å². The number of anilines is 1. The second kappa shape index (κ2) is 6.50. The molecule has 1 saturated heterocycles. The van der Waals surface area contributed by atoms with Gasteiger partial charge in [0.05, 0.1) is 0 Å². The Morgan fingerprint density at radius 2 is 1.78 bits per heavy atom. The molecular weight excluding hydrogens is 273 g/mol. The largest absolute Gasteiger partial charge is 0.353 e. The van der Waals surface area contributed by atoms with Gasteiger partial charge in [-0.25, -0.2) is 0 Å². The summed E-state index contributed by atoms with van der Waals surface area (Å²) in [4.78, 5) is 14.1. The van der Waals surface area contributed by atoms with Crippen molar-refractivity contribution in [2.45, 2.75) is 19.8 Å². The van der Waals surface area contributed by atoms with Crippen LogP contribution in [0.15, 0.2) is 0 Å². The smallest absolute Gasteiger partial charge is 0.228 e. The summed E-state index contributed by atoms with van der Waals surface area (Å²) in [5.74, 6) is 1.29. The minimum absolute atomic E-state index is 0.115. The molecule has 2 rings (SSSR count). The Kier molecular flexibility index (Phi) is 4.97. The summed E-state index contributed by atoms with van der Waals surface area (Å²) in [6.07, 6.45) is 2.56. The highest BCUT2D eigenvalue weighted by Gasteiger charge is 2.14. The molecule has 1 N–H and O–H groups in total. The van der Waals surface area contributed by atoms with E-state index in [0.29, 0.717) is 5.95 Å². The van der Waals surface area contributed by atoms with E-state index in [9.17, 15) is 0 Å². The lowest BCUT2D eigenvalue weighted by Gasteiger charge is -2.30. The first-order chi connectivity index (χ1) is 8.63. The summed E-state index contributed by atoms with van der Waals surface area (Å²) in [5.41, 5.74) is 0. The van der Waals surface area contributed by atoms with Crippen molar-refractivity contribution in [3.8, 4) is 0 Å². The highest BCUT2D eigenvalue weighted by Crippen LogP contribution is 2.15. The second-order valence-corrected chi connectivity index (χ2v) is 5.32. The minimum atomic E-state index is 0.115. The zero-order valence-electron chi connectivity index (χ0n) is 10.4. The number of hydrogen-bond acceptors (Lipinski definition) is 5. The fraction of sp³-hybridized carbons (Fsp3) is 0.727. The molecule has 0 amide bonds. The Morgan fingerprint density at radius 3 is 2.39 bits per heavy atom. The number of rotatable bonds is 4. The molecular formula is C11H17Cl2N5. The summed E-state index contributed by atoms with van der Waals surface area (Å²) < 4.78 is 0. The lowest BCUT2D eigenvalue weighted by atomic mass is 9.99. The molecule has 0 spiro atoms. The van der Waals surface area contributed by atoms with E-state index in [1.165, 1.54) is 25.9 Å². The highest BCUT2D eigenvalue weighted by molar-refractivity contribution is 6.31. The van der Waals surface area contributed by atoms with Gasteiger partial charge in [0.25, 0.3) is 0 Å². The van der Waals surface area contributed by atoms with Crippen molar-refractivity contribution in [3.63, 3.8) is 0 Å². The molecule has 100 valence electrons. The molecule has 5 nitrogen and oxygen atoms in total. The standard InChI is InChI=1S/C11H17Cl2N5/c1-8-2-5-18(6-3-8)7-4-14-11-16-9(12)15-10(13)17-11/h8H,2-7H2,1H3,(H,14,15,16,17). The Hall–Kier alpha value is -0.650. The van der Waals surface area contributed by atoms with E-state index in [2.05, 4.69) is 32.1 Å². The maximum atomic E-state index is 5.70. The summed E-state index contributed by atoms with van der Waals surface area (Å²) >= 11 is 11.4. The summed E-state index contributed by atoms with van der Waals surface area (Å²) in [5, 5.41) is 3.34. The molecule has 1 aliphatic rings. The maximum Gasteiger partial charge on any atom is 0.228 e. The molecule has 7 heteroatoms. The Morgan fingerprint density at radius 1 is 1.17 bits per heavy atom. The molecule has 1 aliphatic heterocycles. The van der Waals surface area contributed by atoms with Crippen molar-refractivity contribution in [3.05, 3.63) is 10.6 Å². The lowest BCUT2D eigenvalue weighted by molar-refractivity contribution is 0.199. The third kappa shape index (κ3) is 4.23. The minimum Gasteiger partial charge on any atom is -0.353 e.